The molecule has 1 heterocycles. The monoisotopic (exact) mass is 333 g/mol. The maximum Gasteiger partial charge on any atom is 0.254 e. The van der Waals surface area contributed by atoms with E-state index in [4.69, 9.17) is 0 Å². The number of rotatable bonds is 2. The first-order valence-corrected chi connectivity index (χ1v) is 9.19. The molecule has 3 nitrogen and oxygen atoms in total. The van der Waals surface area contributed by atoms with E-state index in [0.717, 1.165) is 19.3 Å². The van der Waals surface area contributed by atoms with Crippen LogP contribution in [0, 0.1) is 5.92 Å². The molecule has 0 radical (unpaired) electrons. The highest BCUT2D eigenvalue weighted by molar-refractivity contribution is 5.96. The Morgan fingerprint density at radius 2 is 1.60 bits per heavy atom. The lowest BCUT2D eigenvalue weighted by molar-refractivity contribution is -0.123. The number of Topliss-reactive ketones (excluding diaryl/α,β-unsaturated/α-hetero) is 1. The highest BCUT2D eigenvalue weighted by Gasteiger charge is 2.48. The largest absolute Gasteiger partial charge is 0.334 e. The van der Waals surface area contributed by atoms with E-state index in [2.05, 4.69) is 12.1 Å². The average molecular weight is 333 g/mol. The second-order valence-corrected chi connectivity index (χ2v) is 7.15. The molecule has 0 bridgehead atoms. The maximum absolute atomic E-state index is 13.1. The number of benzene rings is 2. The second-order valence-electron chi connectivity index (χ2n) is 7.15. The highest BCUT2D eigenvalue weighted by atomic mass is 16.2. The Bertz CT molecular complexity index is 756. The summed E-state index contributed by atoms with van der Waals surface area (Å²) in [6.07, 6.45) is 3.55. The molecule has 3 atom stereocenters. The van der Waals surface area contributed by atoms with Crippen molar-refractivity contribution < 1.29 is 9.59 Å². The Hall–Kier alpha value is -2.42. The van der Waals surface area contributed by atoms with E-state index in [-0.39, 0.29) is 23.8 Å². The van der Waals surface area contributed by atoms with Gasteiger partial charge in [-0.2, -0.15) is 0 Å². The first-order chi connectivity index (χ1) is 12.3. The van der Waals surface area contributed by atoms with E-state index in [1.165, 1.54) is 5.56 Å². The summed E-state index contributed by atoms with van der Waals surface area (Å²) in [5, 5.41) is 0. The van der Waals surface area contributed by atoms with Crippen LogP contribution in [-0.2, 0) is 4.79 Å². The van der Waals surface area contributed by atoms with Gasteiger partial charge in [0.05, 0.1) is 0 Å². The number of ketones is 1. The number of carbonyl (C=O) groups excluding carboxylic acids is 2. The zero-order valence-electron chi connectivity index (χ0n) is 14.3. The molecule has 128 valence electrons. The van der Waals surface area contributed by atoms with Gasteiger partial charge in [0.25, 0.3) is 5.91 Å². The summed E-state index contributed by atoms with van der Waals surface area (Å²) in [5.74, 6) is 0.450. The second kappa shape index (κ2) is 6.83. The van der Waals surface area contributed by atoms with Gasteiger partial charge >= 0.3 is 0 Å². The Morgan fingerprint density at radius 3 is 2.32 bits per heavy atom. The molecule has 3 heteroatoms. The molecule has 0 spiro atoms. The van der Waals surface area contributed by atoms with E-state index in [9.17, 15) is 9.59 Å². The third-order valence-corrected chi connectivity index (χ3v) is 5.70. The SMILES string of the molecule is O=C1CCCC[C@@H]2[C@H]1[C@@H](c1ccccc1)CN2C(=O)c1ccccc1. The van der Waals surface area contributed by atoms with Gasteiger partial charge in [-0.25, -0.2) is 0 Å². The zero-order valence-corrected chi connectivity index (χ0v) is 14.3. The van der Waals surface area contributed by atoms with Crippen LogP contribution < -0.4 is 0 Å². The van der Waals surface area contributed by atoms with Crippen molar-refractivity contribution in [1.29, 1.82) is 0 Å². The zero-order chi connectivity index (χ0) is 17.2. The van der Waals surface area contributed by atoms with E-state index in [1.807, 2.05) is 53.4 Å². The Labute approximate surface area is 148 Å². The molecule has 2 aliphatic rings. The lowest BCUT2D eigenvalue weighted by Crippen LogP contribution is -2.39. The fourth-order valence-electron chi connectivity index (χ4n) is 4.51. The molecule has 1 saturated carbocycles. The van der Waals surface area contributed by atoms with E-state index < -0.39 is 0 Å². The van der Waals surface area contributed by atoms with Gasteiger partial charge in [0.1, 0.15) is 5.78 Å². The molecular weight excluding hydrogens is 310 g/mol. The van der Waals surface area contributed by atoms with Crippen LogP contribution in [-0.4, -0.2) is 29.2 Å². The van der Waals surface area contributed by atoms with Gasteiger partial charge in [-0.15, -0.1) is 0 Å². The molecule has 2 aromatic rings. The quantitative estimate of drug-likeness (QED) is 0.831. The highest BCUT2D eigenvalue weighted by Crippen LogP contribution is 2.42. The van der Waals surface area contributed by atoms with Crippen molar-refractivity contribution in [1.82, 2.24) is 4.90 Å². The van der Waals surface area contributed by atoms with Crippen LogP contribution in [0.15, 0.2) is 60.7 Å². The minimum atomic E-state index is -0.0578. The summed E-state index contributed by atoms with van der Waals surface area (Å²) in [4.78, 5) is 27.9. The smallest absolute Gasteiger partial charge is 0.254 e. The summed E-state index contributed by atoms with van der Waals surface area (Å²) in [6, 6.07) is 19.7. The van der Waals surface area contributed by atoms with Crippen molar-refractivity contribution >= 4 is 11.7 Å². The predicted molar refractivity (Wildman–Crippen MR) is 97.4 cm³/mol. The third-order valence-electron chi connectivity index (χ3n) is 5.70. The van der Waals surface area contributed by atoms with Crippen molar-refractivity contribution in [3.8, 4) is 0 Å². The van der Waals surface area contributed by atoms with Crippen LogP contribution in [0.5, 0.6) is 0 Å². The number of nitrogens with zero attached hydrogens (tertiary/aromatic N) is 1. The number of hydrogen-bond acceptors (Lipinski definition) is 2. The van der Waals surface area contributed by atoms with Crippen molar-refractivity contribution in [3.63, 3.8) is 0 Å². The molecule has 1 aliphatic heterocycles. The molecule has 2 aromatic carbocycles. The summed E-state index contributed by atoms with van der Waals surface area (Å²) < 4.78 is 0. The minimum Gasteiger partial charge on any atom is -0.334 e. The maximum atomic E-state index is 13.1. The fourth-order valence-corrected chi connectivity index (χ4v) is 4.51. The van der Waals surface area contributed by atoms with Gasteiger partial charge < -0.3 is 4.90 Å². The average Bonchev–Trinajstić information content (AvgIpc) is 2.95. The molecule has 0 N–H and O–H groups in total. The molecule has 0 unspecified atom stereocenters. The number of likely N-dealkylation sites (tertiary alicyclic amines) is 1. The van der Waals surface area contributed by atoms with Crippen LogP contribution in [0.4, 0.5) is 0 Å². The standard InChI is InChI=1S/C22H23NO2/c24-20-14-8-7-13-19-21(20)18(16-9-3-1-4-10-16)15-23(19)22(25)17-11-5-2-6-12-17/h1-6,9-12,18-19,21H,7-8,13-15H2/t18-,19-,21-/m1/s1. The van der Waals surface area contributed by atoms with Crippen LogP contribution in [0.2, 0.25) is 0 Å². The Morgan fingerprint density at radius 1 is 0.920 bits per heavy atom. The molecular formula is C22H23NO2. The first-order valence-electron chi connectivity index (χ1n) is 9.19. The molecule has 2 fully saturated rings. The normalized spacial score (nSPS) is 26.2. The number of carbonyl (C=O) groups is 2. The van der Waals surface area contributed by atoms with Crippen LogP contribution in [0.25, 0.3) is 0 Å². The Kier molecular flexibility index (Phi) is 4.39. The van der Waals surface area contributed by atoms with Crippen LogP contribution in [0.1, 0.15) is 47.5 Å². The fraction of sp³-hybridized carbons (Fsp3) is 0.364. The van der Waals surface area contributed by atoms with Crippen molar-refractivity contribution in [3.05, 3.63) is 71.8 Å². The van der Waals surface area contributed by atoms with Gasteiger partial charge in [-0.05, 0) is 30.5 Å². The van der Waals surface area contributed by atoms with E-state index in [0.29, 0.717) is 24.3 Å². The Balaban J connectivity index is 1.71. The van der Waals surface area contributed by atoms with Crippen LogP contribution >= 0.6 is 0 Å². The van der Waals surface area contributed by atoms with E-state index >= 15 is 0 Å². The predicted octanol–water partition coefficient (Wildman–Crippen LogP) is 4.05. The summed E-state index contributed by atoms with van der Waals surface area (Å²) in [6.45, 7) is 0.638. The van der Waals surface area contributed by atoms with Crippen molar-refractivity contribution in [2.75, 3.05) is 6.54 Å². The van der Waals surface area contributed by atoms with Gasteiger partial charge in [-0.1, -0.05) is 55.0 Å². The molecule has 1 saturated heterocycles. The number of fused-ring (bicyclic) bond motifs is 1. The first kappa shape index (κ1) is 16.1. The summed E-state index contributed by atoms with van der Waals surface area (Å²) >= 11 is 0. The lowest BCUT2D eigenvalue weighted by Gasteiger charge is -2.26. The molecule has 4 rings (SSSR count). The number of amides is 1. The molecule has 1 aliphatic carbocycles. The molecule has 1 amide bonds. The minimum absolute atomic E-state index is 0.0351. The van der Waals surface area contributed by atoms with Gasteiger partial charge in [0, 0.05) is 36.4 Å². The molecule has 25 heavy (non-hydrogen) atoms. The van der Waals surface area contributed by atoms with Crippen molar-refractivity contribution in [2.24, 2.45) is 5.92 Å². The third kappa shape index (κ3) is 2.99. The van der Waals surface area contributed by atoms with Crippen LogP contribution in [0.3, 0.4) is 0 Å². The lowest BCUT2D eigenvalue weighted by atomic mass is 9.82. The summed E-state index contributed by atoms with van der Waals surface area (Å²) in [7, 11) is 0. The van der Waals surface area contributed by atoms with Crippen molar-refractivity contribution in [2.45, 2.75) is 37.6 Å². The summed E-state index contributed by atoms with van der Waals surface area (Å²) in [5.41, 5.74) is 1.89. The number of hydrogen-bond donors (Lipinski definition) is 0. The van der Waals surface area contributed by atoms with E-state index in [1.54, 1.807) is 0 Å². The van der Waals surface area contributed by atoms with Gasteiger partial charge in [0.15, 0.2) is 0 Å². The topological polar surface area (TPSA) is 37.4 Å². The van der Waals surface area contributed by atoms with Gasteiger partial charge in [-0.3, -0.25) is 9.59 Å². The van der Waals surface area contributed by atoms with Gasteiger partial charge in [0.2, 0.25) is 0 Å². The molecule has 0 aromatic heterocycles.